The number of rotatable bonds is 2. The Kier molecular flexibility index (Phi) is 7.20. The molecule has 0 atom stereocenters. The smallest absolute Gasteiger partial charge is 0.00230 e. The van der Waals surface area contributed by atoms with Gasteiger partial charge in [-0.05, 0) is 134 Å². The van der Waals surface area contributed by atoms with Crippen LogP contribution in [0.25, 0.3) is 65.3 Å². The van der Waals surface area contributed by atoms with E-state index in [4.69, 9.17) is 0 Å². The summed E-state index contributed by atoms with van der Waals surface area (Å²) in [5, 5.41) is 10.9. The van der Waals surface area contributed by atoms with E-state index >= 15 is 0 Å². The molecule has 0 nitrogen and oxygen atoms in total. The minimum atomic E-state index is 0.00680. The average molecular weight is 629 g/mol. The fraction of sp³-hybridized carbons (Fsp3) is 0.333. The molecule has 48 heavy (non-hydrogen) atoms. The summed E-state index contributed by atoms with van der Waals surface area (Å²) < 4.78 is 0. The Balaban J connectivity index is 1.64. The zero-order valence-electron chi connectivity index (χ0n) is 31.2. The van der Waals surface area contributed by atoms with Gasteiger partial charge in [0.1, 0.15) is 0 Å². The molecule has 0 aliphatic heterocycles. The zero-order chi connectivity index (χ0) is 34.6. The normalized spacial score (nSPS) is 13.4. The largest absolute Gasteiger partial charge is 0.0579 e. The van der Waals surface area contributed by atoms with Crippen LogP contribution in [0.3, 0.4) is 0 Å². The molecule has 0 aromatic heterocycles. The predicted octanol–water partition coefficient (Wildman–Crippen LogP) is 14.3. The molecule has 0 N–H and O–H groups in total. The van der Waals surface area contributed by atoms with Crippen molar-refractivity contribution in [2.75, 3.05) is 0 Å². The lowest BCUT2D eigenvalue weighted by molar-refractivity contribution is 0.590. The average Bonchev–Trinajstić information content (AvgIpc) is 3.00. The predicted molar refractivity (Wildman–Crippen MR) is 213 cm³/mol. The van der Waals surface area contributed by atoms with Crippen LogP contribution in [0.4, 0.5) is 0 Å². The van der Waals surface area contributed by atoms with Crippen molar-refractivity contribution in [3.63, 3.8) is 0 Å². The van der Waals surface area contributed by atoms with Crippen LogP contribution in [0.1, 0.15) is 105 Å². The van der Waals surface area contributed by atoms with E-state index in [2.05, 4.69) is 180 Å². The molecule has 0 bridgehead atoms. The first-order chi connectivity index (χ1) is 22.3. The molecule has 0 amide bonds. The van der Waals surface area contributed by atoms with Crippen molar-refractivity contribution in [3.8, 4) is 22.3 Å². The van der Waals surface area contributed by atoms with Crippen LogP contribution in [0.2, 0.25) is 0 Å². The number of hydrogen-bond acceptors (Lipinski definition) is 0. The maximum absolute atomic E-state index is 2.48. The standard InChI is InChI=1S/C48H52/c1-45(2,3)33-17-13-29(14-18-33)31-25-37-38-26-32(30-15-19-34(20-16-30)46(4,5)6)28-40-42(48(10,11)12)24-22-36(44(38)40)35-21-23-41(47(7,8)9)39(27-31)43(35)37/h13-28H,1-12H3. The Morgan fingerprint density at radius 1 is 0.271 bits per heavy atom. The highest BCUT2D eigenvalue weighted by atomic mass is 14.3. The highest BCUT2D eigenvalue weighted by molar-refractivity contribution is 6.34. The van der Waals surface area contributed by atoms with Gasteiger partial charge in [-0.1, -0.05) is 156 Å². The van der Waals surface area contributed by atoms with Gasteiger partial charge in [0.05, 0.1) is 0 Å². The molecule has 244 valence electrons. The van der Waals surface area contributed by atoms with Gasteiger partial charge in [0.2, 0.25) is 0 Å². The van der Waals surface area contributed by atoms with Crippen molar-refractivity contribution in [1.29, 1.82) is 0 Å². The lowest BCUT2D eigenvalue weighted by atomic mass is 9.77. The van der Waals surface area contributed by atoms with Crippen molar-refractivity contribution in [2.45, 2.75) is 105 Å². The van der Waals surface area contributed by atoms with Gasteiger partial charge in [0, 0.05) is 0 Å². The summed E-state index contributed by atoms with van der Waals surface area (Å²) in [5.41, 5.74) is 10.9. The molecule has 0 saturated heterocycles. The van der Waals surface area contributed by atoms with Gasteiger partial charge < -0.3 is 0 Å². The topological polar surface area (TPSA) is 0 Å². The number of hydrogen-bond donors (Lipinski definition) is 0. The summed E-state index contributed by atoms with van der Waals surface area (Å²) in [4.78, 5) is 0. The van der Waals surface area contributed by atoms with E-state index in [-0.39, 0.29) is 21.7 Å². The first-order valence-corrected chi connectivity index (χ1v) is 17.8. The van der Waals surface area contributed by atoms with Crippen molar-refractivity contribution in [3.05, 3.63) is 119 Å². The highest BCUT2D eigenvalue weighted by Crippen LogP contribution is 2.48. The second kappa shape index (κ2) is 10.7. The number of benzene rings is 7. The summed E-state index contributed by atoms with van der Waals surface area (Å²) in [5.74, 6) is 0. The fourth-order valence-corrected chi connectivity index (χ4v) is 7.81. The van der Waals surface area contributed by atoms with E-state index in [0.29, 0.717) is 0 Å². The molecular weight excluding hydrogens is 577 g/mol. The lowest BCUT2D eigenvalue weighted by Gasteiger charge is -2.27. The van der Waals surface area contributed by atoms with Gasteiger partial charge in [-0.15, -0.1) is 0 Å². The van der Waals surface area contributed by atoms with Gasteiger partial charge in [0.25, 0.3) is 0 Å². The quantitative estimate of drug-likeness (QED) is 0.132. The van der Waals surface area contributed by atoms with E-state index in [1.165, 1.54) is 87.6 Å². The third-order valence-electron chi connectivity index (χ3n) is 10.6. The molecule has 0 heterocycles. The summed E-state index contributed by atoms with van der Waals surface area (Å²) in [7, 11) is 0. The third kappa shape index (κ3) is 5.38. The van der Waals surface area contributed by atoms with Crippen LogP contribution >= 0.6 is 0 Å². The maximum Gasteiger partial charge on any atom is -0.00230 e. The molecule has 0 unspecified atom stereocenters. The van der Waals surface area contributed by atoms with E-state index in [1.54, 1.807) is 0 Å². The van der Waals surface area contributed by atoms with E-state index in [9.17, 15) is 0 Å². The second-order valence-corrected chi connectivity index (χ2v) is 18.4. The second-order valence-electron chi connectivity index (χ2n) is 18.4. The lowest BCUT2D eigenvalue weighted by Crippen LogP contribution is -2.13. The molecular formula is C48H52. The first kappa shape index (κ1) is 32.4. The monoisotopic (exact) mass is 628 g/mol. The Hall–Kier alpha value is -4.16. The molecule has 0 radical (unpaired) electrons. The van der Waals surface area contributed by atoms with Gasteiger partial charge >= 0.3 is 0 Å². The van der Waals surface area contributed by atoms with Gasteiger partial charge in [-0.2, -0.15) is 0 Å². The Morgan fingerprint density at radius 2 is 0.583 bits per heavy atom. The van der Waals surface area contributed by atoms with Crippen LogP contribution in [-0.2, 0) is 21.7 Å². The van der Waals surface area contributed by atoms with Crippen molar-refractivity contribution in [1.82, 2.24) is 0 Å². The van der Waals surface area contributed by atoms with E-state index in [0.717, 1.165) is 0 Å². The minimum Gasteiger partial charge on any atom is -0.0579 e. The van der Waals surface area contributed by atoms with Crippen LogP contribution in [0.5, 0.6) is 0 Å². The highest BCUT2D eigenvalue weighted by Gasteiger charge is 2.25. The van der Waals surface area contributed by atoms with Crippen molar-refractivity contribution in [2.24, 2.45) is 0 Å². The Morgan fingerprint density at radius 3 is 0.875 bits per heavy atom. The summed E-state index contributed by atoms with van der Waals surface area (Å²) in [6.45, 7) is 27.8. The summed E-state index contributed by atoms with van der Waals surface area (Å²) in [6, 6.07) is 38.1. The molecule has 0 aliphatic rings. The van der Waals surface area contributed by atoms with Crippen molar-refractivity contribution < 1.29 is 0 Å². The SMILES string of the molecule is CC(C)(C)c1ccc(-c2cc3c(C(C)(C)C)ccc4c5ccc(C(C)(C)C)c6cc(-c7ccc(C(C)(C)C)cc7)cc(c(c2)c34)c65)cc1. The molecule has 0 aliphatic carbocycles. The molecule has 0 heteroatoms. The Labute approximate surface area is 288 Å². The van der Waals surface area contributed by atoms with E-state index in [1.807, 2.05) is 0 Å². The molecule has 0 saturated carbocycles. The summed E-state index contributed by atoms with van der Waals surface area (Å²) >= 11 is 0. The number of fused-ring (bicyclic) bond motifs is 2. The zero-order valence-corrected chi connectivity index (χ0v) is 31.2. The maximum atomic E-state index is 2.48. The fourth-order valence-electron chi connectivity index (χ4n) is 7.81. The molecule has 0 spiro atoms. The Bertz CT molecular complexity index is 2150. The van der Waals surface area contributed by atoms with Gasteiger partial charge in [-0.3, -0.25) is 0 Å². The molecule has 7 aromatic rings. The molecule has 7 aromatic carbocycles. The van der Waals surface area contributed by atoms with Crippen LogP contribution < -0.4 is 0 Å². The van der Waals surface area contributed by atoms with E-state index < -0.39 is 0 Å². The van der Waals surface area contributed by atoms with Crippen molar-refractivity contribution >= 4 is 43.1 Å². The third-order valence-corrected chi connectivity index (χ3v) is 10.6. The van der Waals surface area contributed by atoms with Crippen LogP contribution in [-0.4, -0.2) is 0 Å². The van der Waals surface area contributed by atoms with Gasteiger partial charge in [-0.25, -0.2) is 0 Å². The van der Waals surface area contributed by atoms with Crippen LogP contribution in [0.15, 0.2) is 97.1 Å². The molecule has 7 rings (SSSR count). The minimum absolute atomic E-state index is 0.00680. The van der Waals surface area contributed by atoms with Gasteiger partial charge in [0.15, 0.2) is 0 Å². The first-order valence-electron chi connectivity index (χ1n) is 17.8. The summed E-state index contributed by atoms with van der Waals surface area (Å²) in [6.07, 6.45) is 0. The van der Waals surface area contributed by atoms with Crippen LogP contribution in [0, 0.1) is 0 Å². The molecule has 0 fully saturated rings.